The molecule has 2 atom stereocenters. The van der Waals surface area contributed by atoms with Crippen LogP contribution >= 0.6 is 11.8 Å². The zero-order valence-electron chi connectivity index (χ0n) is 21.0. The highest BCUT2D eigenvalue weighted by Crippen LogP contribution is 2.29. The molecule has 1 aliphatic rings. The van der Waals surface area contributed by atoms with Gasteiger partial charge in [0, 0.05) is 36.5 Å². The largest absolute Gasteiger partial charge is 0.573 e. The van der Waals surface area contributed by atoms with E-state index in [4.69, 9.17) is 10.5 Å². The molecule has 1 fully saturated rings. The number of thioether (sulfide) groups is 1. The number of hydrogen-bond acceptors (Lipinski definition) is 7. The van der Waals surface area contributed by atoms with E-state index in [2.05, 4.69) is 14.8 Å². The van der Waals surface area contributed by atoms with Gasteiger partial charge in [-0.15, -0.1) is 24.9 Å². The fourth-order valence-electron chi connectivity index (χ4n) is 4.13. The topological polar surface area (TPSA) is 113 Å². The predicted molar refractivity (Wildman–Crippen MR) is 135 cm³/mol. The normalized spacial score (nSPS) is 17.5. The third-order valence-corrected chi connectivity index (χ3v) is 6.54. The molecule has 2 aromatic heterocycles. The van der Waals surface area contributed by atoms with Crippen molar-refractivity contribution < 1.29 is 41.0 Å². The minimum Gasteiger partial charge on any atom is -0.471 e. The van der Waals surface area contributed by atoms with Crippen LogP contribution in [0.4, 0.5) is 22.0 Å². The Morgan fingerprint density at radius 1 is 1.20 bits per heavy atom. The van der Waals surface area contributed by atoms with Gasteiger partial charge in [0.15, 0.2) is 17.7 Å². The molecule has 3 aromatic rings. The number of alkyl halides is 4. The van der Waals surface area contributed by atoms with Crippen molar-refractivity contribution in [2.45, 2.75) is 37.4 Å². The summed E-state index contributed by atoms with van der Waals surface area (Å²) in [5.74, 6) is -3.17. The lowest BCUT2D eigenvalue weighted by Gasteiger charge is -2.34. The van der Waals surface area contributed by atoms with Crippen molar-refractivity contribution in [3.05, 3.63) is 59.8 Å². The van der Waals surface area contributed by atoms with E-state index in [9.17, 15) is 27.2 Å². The molecule has 214 valence electrons. The molecule has 9 nitrogen and oxygen atoms in total. The number of rotatable bonds is 9. The van der Waals surface area contributed by atoms with E-state index in [1.807, 2.05) is 6.26 Å². The van der Waals surface area contributed by atoms with Gasteiger partial charge in [-0.05, 0) is 30.0 Å². The van der Waals surface area contributed by atoms with Gasteiger partial charge in [0.1, 0.15) is 11.7 Å². The van der Waals surface area contributed by atoms with Crippen LogP contribution < -0.4 is 15.2 Å². The van der Waals surface area contributed by atoms with Gasteiger partial charge in [0.25, 0.3) is 5.91 Å². The minimum absolute atomic E-state index is 0.0409. The average molecular weight is 586 g/mol. The van der Waals surface area contributed by atoms with Crippen molar-refractivity contribution in [2.24, 2.45) is 5.73 Å². The van der Waals surface area contributed by atoms with Crippen molar-refractivity contribution in [1.29, 1.82) is 0 Å². The first kappa shape index (κ1) is 29.1. The maximum Gasteiger partial charge on any atom is 0.573 e. The van der Waals surface area contributed by atoms with Crippen LogP contribution in [-0.4, -0.2) is 69.5 Å². The number of likely N-dealkylation sites (tertiary alicyclic amines) is 1. The number of nitrogens with two attached hydrogens (primary N) is 1. The van der Waals surface area contributed by atoms with E-state index in [1.54, 1.807) is 28.8 Å². The van der Waals surface area contributed by atoms with E-state index in [-0.39, 0.29) is 42.9 Å². The quantitative estimate of drug-likeness (QED) is 0.379. The Balaban J connectivity index is 1.38. The van der Waals surface area contributed by atoms with Crippen LogP contribution in [0.3, 0.4) is 0 Å². The molecule has 0 saturated carbocycles. The molecule has 2 amide bonds. The minimum atomic E-state index is -5.06. The Hall–Kier alpha value is -3.88. The van der Waals surface area contributed by atoms with Crippen LogP contribution in [-0.2, 0) is 17.1 Å². The van der Waals surface area contributed by atoms with Gasteiger partial charge in [0.05, 0.1) is 25.0 Å². The molecule has 0 bridgehead atoms. The van der Waals surface area contributed by atoms with Crippen molar-refractivity contribution in [1.82, 2.24) is 19.7 Å². The molecule has 0 aliphatic carbocycles. The summed E-state index contributed by atoms with van der Waals surface area (Å²) in [4.78, 5) is 30.2. The fraction of sp³-hybridized carbons (Fsp3) is 0.360. The highest BCUT2D eigenvalue weighted by atomic mass is 32.2. The standard InChI is InChI=1S/C25H24F5N5O4S/c1-40-13-35-11-16(10-33-35)15-8-17(23(31)37)24(32-9-15)38-20-4-5-34(12-19(20)27)22(36)7-14-2-3-21(18(26)6-14)39-25(28,29)30/h2-3,6,8-11,19-20H,4-5,7,12-13H2,1H3,(H2,31,37). The Bertz CT molecular complexity index is 1390. The number of amides is 2. The van der Waals surface area contributed by atoms with Gasteiger partial charge in [-0.2, -0.15) is 5.10 Å². The Labute approximate surface area is 229 Å². The third kappa shape index (κ3) is 7.20. The van der Waals surface area contributed by atoms with Crippen molar-refractivity contribution in [3.63, 3.8) is 0 Å². The lowest BCUT2D eigenvalue weighted by atomic mass is 10.0. The second-order valence-corrected chi connectivity index (χ2v) is 9.75. The summed E-state index contributed by atoms with van der Waals surface area (Å²) in [6.07, 6.45) is -1.26. The molecule has 1 aromatic carbocycles. The number of halogens is 5. The first-order chi connectivity index (χ1) is 18.9. The first-order valence-electron chi connectivity index (χ1n) is 11.9. The van der Waals surface area contributed by atoms with Gasteiger partial charge in [-0.25, -0.2) is 13.8 Å². The number of piperidine rings is 1. The van der Waals surface area contributed by atoms with Crippen molar-refractivity contribution in [3.8, 4) is 22.8 Å². The molecule has 1 aliphatic heterocycles. The number of carbonyl (C=O) groups is 2. The number of hydrogen-bond donors (Lipinski definition) is 1. The molecule has 40 heavy (non-hydrogen) atoms. The molecular formula is C25H24F5N5O4S. The summed E-state index contributed by atoms with van der Waals surface area (Å²) in [7, 11) is 0. The van der Waals surface area contributed by atoms with Crippen LogP contribution in [0.2, 0.25) is 0 Å². The highest BCUT2D eigenvalue weighted by Gasteiger charge is 2.35. The zero-order valence-corrected chi connectivity index (χ0v) is 21.8. The summed E-state index contributed by atoms with van der Waals surface area (Å²) < 4.78 is 77.0. The SMILES string of the molecule is CSCn1cc(-c2cnc(OC3CCN(C(=O)Cc4ccc(OC(F)(F)F)c(F)c4)CC3F)c(C(N)=O)c2)cn1. The number of benzene rings is 1. The van der Waals surface area contributed by atoms with Crippen molar-refractivity contribution >= 4 is 23.6 Å². The van der Waals surface area contributed by atoms with Gasteiger partial charge >= 0.3 is 6.36 Å². The molecule has 0 radical (unpaired) electrons. The number of aromatic nitrogens is 3. The Morgan fingerprint density at radius 2 is 1.98 bits per heavy atom. The van der Waals surface area contributed by atoms with E-state index in [1.165, 1.54) is 17.2 Å². The Kier molecular flexibility index (Phi) is 8.81. The second kappa shape index (κ2) is 12.1. The van der Waals surface area contributed by atoms with E-state index >= 15 is 4.39 Å². The second-order valence-electron chi connectivity index (χ2n) is 8.92. The van der Waals surface area contributed by atoms with Crippen LogP contribution in [0.15, 0.2) is 42.9 Å². The maximum absolute atomic E-state index is 15.1. The number of pyridine rings is 1. The van der Waals surface area contributed by atoms with E-state index in [0.29, 0.717) is 17.0 Å². The molecule has 4 rings (SSSR count). The summed E-state index contributed by atoms with van der Waals surface area (Å²) in [6, 6.07) is 4.14. The fourth-order valence-corrected chi connectivity index (χ4v) is 4.54. The zero-order chi connectivity index (χ0) is 29.0. The number of nitrogens with zero attached hydrogens (tertiary/aromatic N) is 4. The van der Waals surface area contributed by atoms with Crippen LogP contribution in [0, 0.1) is 5.82 Å². The van der Waals surface area contributed by atoms with Crippen molar-refractivity contribution in [2.75, 3.05) is 19.3 Å². The summed E-state index contributed by atoms with van der Waals surface area (Å²) in [5, 5.41) is 4.22. The third-order valence-electron chi connectivity index (χ3n) is 6.02. The Morgan fingerprint density at radius 3 is 2.62 bits per heavy atom. The van der Waals surface area contributed by atoms with Crippen LogP contribution in [0.1, 0.15) is 22.3 Å². The predicted octanol–water partition coefficient (Wildman–Crippen LogP) is 3.96. The summed E-state index contributed by atoms with van der Waals surface area (Å²) in [6.45, 7) is -0.264. The number of ether oxygens (including phenoxy) is 2. The van der Waals surface area contributed by atoms with E-state index < -0.39 is 42.0 Å². The summed E-state index contributed by atoms with van der Waals surface area (Å²) >= 11 is 1.57. The molecular weight excluding hydrogens is 561 g/mol. The number of carbonyl (C=O) groups excluding carboxylic acids is 2. The maximum atomic E-state index is 15.1. The van der Waals surface area contributed by atoms with Gasteiger partial charge in [-0.1, -0.05) is 6.07 Å². The van der Waals surface area contributed by atoms with Crippen LogP contribution in [0.25, 0.3) is 11.1 Å². The molecule has 15 heteroatoms. The molecule has 0 spiro atoms. The highest BCUT2D eigenvalue weighted by molar-refractivity contribution is 7.97. The molecule has 2 unspecified atom stereocenters. The van der Waals surface area contributed by atoms with Crippen LogP contribution in [0.5, 0.6) is 11.6 Å². The lowest BCUT2D eigenvalue weighted by molar-refractivity contribution is -0.275. The first-order valence-corrected chi connectivity index (χ1v) is 13.3. The van der Waals surface area contributed by atoms with E-state index in [0.717, 1.165) is 18.2 Å². The molecule has 2 N–H and O–H groups in total. The summed E-state index contributed by atoms with van der Waals surface area (Å²) in [5.41, 5.74) is 6.85. The van der Waals surface area contributed by atoms with Gasteiger partial charge in [0.2, 0.25) is 11.8 Å². The van der Waals surface area contributed by atoms with Gasteiger partial charge in [-0.3, -0.25) is 14.3 Å². The smallest absolute Gasteiger partial charge is 0.471 e. The monoisotopic (exact) mass is 585 g/mol. The number of primary amides is 1. The van der Waals surface area contributed by atoms with Gasteiger partial charge < -0.3 is 20.1 Å². The molecule has 3 heterocycles. The molecule has 1 saturated heterocycles. The lowest BCUT2D eigenvalue weighted by Crippen LogP contribution is -2.49. The average Bonchev–Trinajstić information content (AvgIpc) is 3.35.